The zero-order valence-corrected chi connectivity index (χ0v) is 13.5. The molecule has 1 heterocycles. The van der Waals surface area contributed by atoms with Gasteiger partial charge < -0.3 is 14.5 Å². The highest BCUT2D eigenvalue weighted by Crippen LogP contribution is 2.19. The van der Waals surface area contributed by atoms with E-state index in [0.29, 0.717) is 12.3 Å². The average Bonchev–Trinajstić information content (AvgIpc) is 2.82. The molecule has 0 saturated carbocycles. The van der Waals surface area contributed by atoms with Crippen LogP contribution in [0.4, 0.5) is 0 Å². The Bertz CT molecular complexity index is 630. The smallest absolute Gasteiger partial charge is 0.261 e. The Kier molecular flexibility index (Phi) is 5.20. The molecule has 2 rings (SSSR count). The molecule has 0 aliphatic rings. The molecule has 0 aliphatic heterocycles. The zero-order valence-electron chi connectivity index (χ0n) is 13.5. The van der Waals surface area contributed by atoms with E-state index in [-0.39, 0.29) is 12.5 Å². The number of carbonyl (C=O) groups is 1. The summed E-state index contributed by atoms with van der Waals surface area (Å²) in [7, 11) is 0. The van der Waals surface area contributed by atoms with Crippen LogP contribution in [-0.4, -0.2) is 17.0 Å². The van der Waals surface area contributed by atoms with Gasteiger partial charge in [-0.1, -0.05) is 25.1 Å². The van der Waals surface area contributed by atoms with Crippen LogP contribution in [0.5, 0.6) is 5.75 Å². The van der Waals surface area contributed by atoms with Crippen molar-refractivity contribution in [2.45, 2.75) is 46.8 Å². The molecule has 0 aliphatic carbocycles. The number of amides is 1. The molecule has 0 bridgehead atoms. The van der Waals surface area contributed by atoms with Crippen LogP contribution < -0.4 is 10.1 Å². The summed E-state index contributed by atoms with van der Waals surface area (Å²) in [5, 5.41) is 2.81. The van der Waals surface area contributed by atoms with E-state index in [1.807, 2.05) is 52.0 Å². The van der Waals surface area contributed by atoms with Gasteiger partial charge in [-0.05, 0) is 38.8 Å². The molecule has 1 atom stereocenters. The van der Waals surface area contributed by atoms with Crippen molar-refractivity contribution in [1.29, 1.82) is 0 Å². The molecule has 1 N–H and O–H groups in total. The van der Waals surface area contributed by atoms with Gasteiger partial charge in [-0.25, -0.2) is 4.98 Å². The summed E-state index contributed by atoms with van der Waals surface area (Å²) in [6, 6.07) is 7.66. The molecular weight excluding hydrogens is 280 g/mol. The maximum absolute atomic E-state index is 12.2. The molecule has 0 spiro atoms. The van der Waals surface area contributed by atoms with Gasteiger partial charge in [0.05, 0.1) is 12.2 Å². The molecule has 1 aromatic carbocycles. The highest BCUT2D eigenvalue weighted by molar-refractivity contribution is 5.81. The van der Waals surface area contributed by atoms with Crippen LogP contribution in [0.25, 0.3) is 0 Å². The molecule has 0 fully saturated rings. The lowest BCUT2D eigenvalue weighted by Crippen LogP contribution is -2.37. The maximum Gasteiger partial charge on any atom is 0.261 e. The van der Waals surface area contributed by atoms with Gasteiger partial charge in [-0.3, -0.25) is 4.79 Å². The van der Waals surface area contributed by atoms with E-state index in [2.05, 4.69) is 10.3 Å². The molecule has 1 amide bonds. The van der Waals surface area contributed by atoms with Crippen molar-refractivity contribution < 1.29 is 13.9 Å². The molecule has 5 heteroatoms. The number of nitrogens with one attached hydrogen (secondary N) is 1. The van der Waals surface area contributed by atoms with Crippen LogP contribution in [0.3, 0.4) is 0 Å². The molecule has 118 valence electrons. The number of aryl methyl sites for hydroxylation is 3. The first-order valence-electron chi connectivity index (χ1n) is 7.44. The molecule has 0 radical (unpaired) electrons. The molecule has 0 saturated heterocycles. The monoisotopic (exact) mass is 302 g/mol. The van der Waals surface area contributed by atoms with Crippen LogP contribution in [0.2, 0.25) is 0 Å². The fraction of sp³-hybridized carbons (Fsp3) is 0.412. The van der Waals surface area contributed by atoms with E-state index in [1.165, 1.54) is 0 Å². The highest BCUT2D eigenvalue weighted by atomic mass is 16.5. The fourth-order valence-electron chi connectivity index (χ4n) is 2.06. The van der Waals surface area contributed by atoms with Crippen LogP contribution in [0.15, 0.2) is 28.7 Å². The number of rotatable bonds is 6. The number of nitrogens with zero attached hydrogens (tertiary/aromatic N) is 1. The highest BCUT2D eigenvalue weighted by Gasteiger charge is 2.19. The molecule has 22 heavy (non-hydrogen) atoms. The minimum absolute atomic E-state index is 0.167. The van der Waals surface area contributed by atoms with E-state index in [1.54, 1.807) is 0 Å². The molecule has 1 unspecified atom stereocenters. The average molecular weight is 302 g/mol. The van der Waals surface area contributed by atoms with Gasteiger partial charge in [0.15, 0.2) is 6.10 Å². The Morgan fingerprint density at radius 1 is 1.32 bits per heavy atom. The number of para-hydroxylation sites is 1. The molecule has 1 aromatic heterocycles. The number of carbonyl (C=O) groups excluding carboxylic acids is 1. The minimum atomic E-state index is -0.529. The third kappa shape index (κ3) is 3.87. The predicted octanol–water partition coefficient (Wildman–Crippen LogP) is 3.07. The SMILES string of the molecule is CCC(Oc1ccccc1C)C(=O)NCc1nc(C)c(C)o1. The quantitative estimate of drug-likeness (QED) is 0.890. The van der Waals surface area contributed by atoms with Crippen molar-refractivity contribution in [3.8, 4) is 5.75 Å². The first-order chi connectivity index (χ1) is 10.5. The summed E-state index contributed by atoms with van der Waals surface area (Å²) in [4.78, 5) is 16.5. The number of ether oxygens (including phenoxy) is 1. The van der Waals surface area contributed by atoms with E-state index in [9.17, 15) is 4.79 Å². The van der Waals surface area contributed by atoms with Gasteiger partial charge in [0.2, 0.25) is 5.89 Å². The standard InChI is InChI=1S/C17H22N2O3/c1-5-14(22-15-9-7-6-8-11(15)2)17(20)18-10-16-19-12(3)13(4)21-16/h6-9,14H,5,10H2,1-4H3,(H,18,20). The first kappa shape index (κ1) is 16.1. The summed E-state index contributed by atoms with van der Waals surface area (Å²) in [5.74, 6) is 1.84. The number of hydrogen-bond donors (Lipinski definition) is 1. The number of benzene rings is 1. The largest absolute Gasteiger partial charge is 0.480 e. The van der Waals surface area contributed by atoms with Gasteiger partial charge in [0, 0.05) is 0 Å². The minimum Gasteiger partial charge on any atom is -0.480 e. The third-order valence-electron chi connectivity index (χ3n) is 3.51. The zero-order chi connectivity index (χ0) is 16.1. The predicted molar refractivity (Wildman–Crippen MR) is 83.7 cm³/mol. The Morgan fingerprint density at radius 3 is 2.64 bits per heavy atom. The Labute approximate surface area is 130 Å². The van der Waals surface area contributed by atoms with Crippen LogP contribution in [-0.2, 0) is 11.3 Å². The van der Waals surface area contributed by atoms with Gasteiger partial charge in [-0.2, -0.15) is 0 Å². The summed E-state index contributed by atoms with van der Waals surface area (Å²) in [6.07, 6.45) is 0.0577. The van der Waals surface area contributed by atoms with Crippen molar-refractivity contribution in [2.24, 2.45) is 0 Å². The van der Waals surface area contributed by atoms with Gasteiger partial charge in [0.25, 0.3) is 5.91 Å². The lowest BCUT2D eigenvalue weighted by Gasteiger charge is -2.18. The van der Waals surface area contributed by atoms with Gasteiger partial charge in [0.1, 0.15) is 11.5 Å². The summed E-state index contributed by atoms with van der Waals surface area (Å²) < 4.78 is 11.3. The lowest BCUT2D eigenvalue weighted by molar-refractivity contribution is -0.128. The Balaban J connectivity index is 1.95. The molecular formula is C17H22N2O3. The van der Waals surface area contributed by atoms with Crippen LogP contribution in [0, 0.1) is 20.8 Å². The van der Waals surface area contributed by atoms with Crippen LogP contribution >= 0.6 is 0 Å². The topological polar surface area (TPSA) is 64.4 Å². The van der Waals surface area contributed by atoms with Gasteiger partial charge in [-0.15, -0.1) is 0 Å². The van der Waals surface area contributed by atoms with Crippen molar-refractivity contribution in [3.63, 3.8) is 0 Å². The van der Waals surface area contributed by atoms with E-state index < -0.39 is 6.10 Å². The maximum atomic E-state index is 12.2. The van der Waals surface area contributed by atoms with Crippen molar-refractivity contribution in [3.05, 3.63) is 47.2 Å². The third-order valence-corrected chi connectivity index (χ3v) is 3.51. The Hall–Kier alpha value is -2.30. The normalized spacial score (nSPS) is 12.0. The number of aromatic nitrogens is 1. The second-order valence-electron chi connectivity index (χ2n) is 5.25. The molecule has 5 nitrogen and oxygen atoms in total. The fourth-order valence-corrected chi connectivity index (χ4v) is 2.06. The second kappa shape index (κ2) is 7.11. The van der Waals surface area contributed by atoms with E-state index >= 15 is 0 Å². The second-order valence-corrected chi connectivity index (χ2v) is 5.25. The van der Waals surface area contributed by atoms with Crippen molar-refractivity contribution in [2.75, 3.05) is 0 Å². The number of hydrogen-bond acceptors (Lipinski definition) is 4. The van der Waals surface area contributed by atoms with Gasteiger partial charge >= 0.3 is 0 Å². The summed E-state index contributed by atoms with van der Waals surface area (Å²) in [5.41, 5.74) is 1.85. The van der Waals surface area contributed by atoms with Crippen molar-refractivity contribution >= 4 is 5.91 Å². The number of oxazole rings is 1. The summed E-state index contributed by atoms with van der Waals surface area (Å²) >= 11 is 0. The van der Waals surface area contributed by atoms with Crippen LogP contribution in [0.1, 0.15) is 36.3 Å². The molecule has 2 aromatic rings. The van der Waals surface area contributed by atoms with E-state index in [4.69, 9.17) is 9.15 Å². The summed E-state index contributed by atoms with van der Waals surface area (Å²) in [6.45, 7) is 7.87. The van der Waals surface area contributed by atoms with E-state index in [0.717, 1.165) is 22.8 Å². The first-order valence-corrected chi connectivity index (χ1v) is 7.44. The lowest BCUT2D eigenvalue weighted by atomic mass is 10.2. The Morgan fingerprint density at radius 2 is 2.05 bits per heavy atom. The van der Waals surface area contributed by atoms with Crippen molar-refractivity contribution in [1.82, 2.24) is 10.3 Å².